The van der Waals surface area contributed by atoms with Gasteiger partial charge in [0.25, 0.3) is 0 Å². The molecule has 0 atom stereocenters. The lowest BCUT2D eigenvalue weighted by molar-refractivity contribution is 0.585. The molecule has 0 unspecified atom stereocenters. The molecule has 0 aromatic carbocycles. The molecule has 0 bridgehead atoms. The topological polar surface area (TPSA) is 63.3 Å². The maximum atomic E-state index is 6.45. The molecule has 150 valence electrons. The van der Waals surface area contributed by atoms with Gasteiger partial charge in [-0.2, -0.15) is 10.2 Å². The Kier molecular flexibility index (Phi) is 5.45. The van der Waals surface area contributed by atoms with E-state index in [-0.39, 0.29) is 12.4 Å². The molecule has 1 aliphatic heterocycles. The quantitative estimate of drug-likeness (QED) is 0.541. The highest BCUT2D eigenvalue weighted by Gasteiger charge is 2.15. The van der Waals surface area contributed by atoms with Gasteiger partial charge in [0.2, 0.25) is 0 Å². The van der Waals surface area contributed by atoms with Crippen LogP contribution < -0.4 is 10.2 Å². The highest BCUT2D eigenvalue weighted by Crippen LogP contribution is 2.33. The maximum Gasteiger partial charge on any atom is 0.128 e. The maximum absolute atomic E-state index is 6.45. The SMILES string of the molecule is Cl.Cn1cc(-c2cc(-c3ccc(N4CCNCC4)nc3)c3c(Cl)cnn3c2)cn1. The zero-order chi connectivity index (χ0) is 19.1. The molecule has 7 nitrogen and oxygen atoms in total. The van der Waals surface area contributed by atoms with Gasteiger partial charge >= 0.3 is 0 Å². The van der Waals surface area contributed by atoms with E-state index >= 15 is 0 Å². The summed E-state index contributed by atoms with van der Waals surface area (Å²) in [5.74, 6) is 1.00. The van der Waals surface area contributed by atoms with Crippen molar-refractivity contribution in [2.45, 2.75) is 0 Å². The molecule has 1 fully saturated rings. The van der Waals surface area contributed by atoms with Crippen molar-refractivity contribution in [1.82, 2.24) is 29.7 Å². The minimum atomic E-state index is 0. The zero-order valence-corrected chi connectivity index (χ0v) is 17.5. The van der Waals surface area contributed by atoms with Crippen molar-refractivity contribution in [3.63, 3.8) is 0 Å². The van der Waals surface area contributed by atoms with Crippen LogP contribution in [0.4, 0.5) is 5.82 Å². The van der Waals surface area contributed by atoms with E-state index in [0.29, 0.717) is 5.02 Å². The van der Waals surface area contributed by atoms with Gasteiger partial charge in [0.1, 0.15) is 5.82 Å². The average molecular weight is 430 g/mol. The van der Waals surface area contributed by atoms with Crippen LogP contribution in [-0.2, 0) is 7.05 Å². The van der Waals surface area contributed by atoms with Crippen molar-refractivity contribution in [1.29, 1.82) is 0 Å². The van der Waals surface area contributed by atoms with E-state index in [1.165, 1.54) is 0 Å². The second-order valence-electron chi connectivity index (χ2n) is 6.97. The summed E-state index contributed by atoms with van der Waals surface area (Å²) in [5.41, 5.74) is 4.95. The minimum absolute atomic E-state index is 0. The summed E-state index contributed by atoms with van der Waals surface area (Å²) in [5, 5.41) is 12.7. The number of piperazine rings is 1. The highest BCUT2D eigenvalue weighted by atomic mass is 35.5. The fourth-order valence-electron chi connectivity index (χ4n) is 3.66. The van der Waals surface area contributed by atoms with Crippen LogP contribution in [0, 0.1) is 0 Å². The van der Waals surface area contributed by atoms with Crippen molar-refractivity contribution in [3.8, 4) is 22.3 Å². The first-order valence-electron chi connectivity index (χ1n) is 9.27. The van der Waals surface area contributed by atoms with Crippen LogP contribution in [-0.4, -0.2) is 50.6 Å². The standard InChI is InChI=1S/C20H20ClN7.ClH/c1-26-12-16(10-24-26)15-8-17(20-18(21)11-25-28(20)13-15)14-2-3-19(23-9-14)27-6-4-22-5-7-27;/h2-3,8-13,22H,4-7H2,1H3;1H. The van der Waals surface area contributed by atoms with Crippen LogP contribution in [0.5, 0.6) is 0 Å². The van der Waals surface area contributed by atoms with E-state index in [4.69, 9.17) is 16.6 Å². The zero-order valence-electron chi connectivity index (χ0n) is 15.9. The third kappa shape index (κ3) is 3.69. The molecule has 5 rings (SSSR count). The van der Waals surface area contributed by atoms with Gasteiger partial charge in [-0.05, 0) is 18.2 Å². The van der Waals surface area contributed by atoms with Crippen LogP contribution >= 0.6 is 24.0 Å². The van der Waals surface area contributed by atoms with Crippen LogP contribution in [0.25, 0.3) is 27.8 Å². The second-order valence-corrected chi connectivity index (χ2v) is 7.38. The van der Waals surface area contributed by atoms with E-state index in [1.807, 2.05) is 36.4 Å². The smallest absolute Gasteiger partial charge is 0.128 e. The predicted molar refractivity (Wildman–Crippen MR) is 118 cm³/mol. The van der Waals surface area contributed by atoms with Crippen molar-refractivity contribution >= 4 is 35.3 Å². The number of hydrogen-bond acceptors (Lipinski definition) is 5. The number of nitrogens with zero attached hydrogens (tertiary/aromatic N) is 6. The Balaban J connectivity index is 0.00000205. The molecule has 0 aliphatic carbocycles. The molecule has 5 heterocycles. The molecule has 4 aromatic heterocycles. The number of hydrogen-bond donors (Lipinski definition) is 1. The van der Waals surface area contributed by atoms with Gasteiger partial charge in [0.05, 0.1) is 22.9 Å². The molecular weight excluding hydrogens is 409 g/mol. The van der Waals surface area contributed by atoms with E-state index in [2.05, 4.69) is 38.6 Å². The number of fused-ring (bicyclic) bond motifs is 1. The normalized spacial score (nSPS) is 14.2. The Bertz CT molecular complexity index is 1130. The molecular formula is C20H21Cl2N7. The van der Waals surface area contributed by atoms with Gasteiger partial charge in [-0.15, -0.1) is 12.4 Å². The van der Waals surface area contributed by atoms with Gasteiger partial charge in [-0.1, -0.05) is 11.6 Å². The first kappa shape index (κ1) is 19.7. The highest BCUT2D eigenvalue weighted by molar-refractivity contribution is 6.34. The lowest BCUT2D eigenvalue weighted by atomic mass is 10.0. The third-order valence-corrected chi connectivity index (χ3v) is 5.38. The van der Waals surface area contributed by atoms with Gasteiger partial charge in [-0.3, -0.25) is 4.68 Å². The summed E-state index contributed by atoms with van der Waals surface area (Å²) >= 11 is 6.45. The summed E-state index contributed by atoms with van der Waals surface area (Å²) in [6, 6.07) is 6.32. The largest absolute Gasteiger partial charge is 0.354 e. The molecule has 29 heavy (non-hydrogen) atoms. The number of nitrogens with one attached hydrogen (secondary N) is 1. The average Bonchev–Trinajstić information content (AvgIpc) is 3.34. The van der Waals surface area contributed by atoms with Crippen molar-refractivity contribution in [2.24, 2.45) is 7.05 Å². The Morgan fingerprint density at radius 1 is 0.966 bits per heavy atom. The van der Waals surface area contributed by atoms with Crippen LogP contribution in [0.2, 0.25) is 5.02 Å². The number of pyridine rings is 2. The number of halogens is 2. The van der Waals surface area contributed by atoms with Crippen LogP contribution in [0.15, 0.2) is 49.2 Å². The molecule has 9 heteroatoms. The molecule has 4 aromatic rings. The van der Waals surface area contributed by atoms with Crippen LogP contribution in [0.1, 0.15) is 0 Å². The van der Waals surface area contributed by atoms with E-state index < -0.39 is 0 Å². The summed E-state index contributed by atoms with van der Waals surface area (Å²) in [6.45, 7) is 3.92. The van der Waals surface area contributed by atoms with Gasteiger partial charge < -0.3 is 10.2 Å². The Labute approximate surface area is 179 Å². The number of aryl methyl sites for hydroxylation is 1. The Hall–Kier alpha value is -2.61. The predicted octanol–water partition coefficient (Wildman–Crippen LogP) is 3.28. The molecule has 0 amide bonds. The number of anilines is 1. The first-order chi connectivity index (χ1) is 13.7. The van der Waals surface area contributed by atoms with E-state index in [1.54, 1.807) is 10.9 Å². The van der Waals surface area contributed by atoms with E-state index in [9.17, 15) is 0 Å². The molecule has 0 spiro atoms. The third-order valence-electron chi connectivity index (χ3n) is 5.11. The van der Waals surface area contributed by atoms with Crippen LogP contribution in [0.3, 0.4) is 0 Å². The number of rotatable bonds is 3. The minimum Gasteiger partial charge on any atom is -0.354 e. The van der Waals surface area contributed by atoms with E-state index in [0.717, 1.165) is 59.8 Å². The van der Waals surface area contributed by atoms with Gasteiger partial charge in [-0.25, -0.2) is 9.50 Å². The fourth-order valence-corrected chi connectivity index (χ4v) is 3.89. The lowest BCUT2D eigenvalue weighted by Gasteiger charge is -2.28. The van der Waals surface area contributed by atoms with Crippen molar-refractivity contribution in [2.75, 3.05) is 31.1 Å². The van der Waals surface area contributed by atoms with Gasteiger partial charge in [0, 0.05) is 74.1 Å². The molecule has 0 radical (unpaired) electrons. The molecule has 1 N–H and O–H groups in total. The second kappa shape index (κ2) is 8.02. The van der Waals surface area contributed by atoms with Gasteiger partial charge in [0.15, 0.2) is 0 Å². The van der Waals surface area contributed by atoms with Crippen molar-refractivity contribution in [3.05, 3.63) is 54.2 Å². The molecule has 1 saturated heterocycles. The molecule has 0 saturated carbocycles. The Morgan fingerprint density at radius 3 is 2.48 bits per heavy atom. The fraction of sp³-hybridized carbons (Fsp3) is 0.250. The Morgan fingerprint density at radius 2 is 1.79 bits per heavy atom. The lowest BCUT2D eigenvalue weighted by Crippen LogP contribution is -2.43. The summed E-state index contributed by atoms with van der Waals surface area (Å²) in [4.78, 5) is 7.01. The summed E-state index contributed by atoms with van der Waals surface area (Å²) in [6.07, 6.45) is 9.41. The first-order valence-corrected chi connectivity index (χ1v) is 9.65. The number of aromatic nitrogens is 5. The monoisotopic (exact) mass is 429 g/mol. The van der Waals surface area contributed by atoms with Crippen molar-refractivity contribution < 1.29 is 0 Å². The summed E-state index contributed by atoms with van der Waals surface area (Å²) in [7, 11) is 1.91. The molecule has 1 aliphatic rings. The summed E-state index contributed by atoms with van der Waals surface area (Å²) < 4.78 is 3.61.